The van der Waals surface area contributed by atoms with Crippen LogP contribution in [0.3, 0.4) is 0 Å². The SMILES string of the molecule is C#CCn1c(=NC(=O)c2ccccc2Cl)sc2cc(C)cc(C)c21. The van der Waals surface area contributed by atoms with Crippen LogP contribution in [0.15, 0.2) is 41.4 Å². The smallest absolute Gasteiger partial charge is 0.281 e. The third-order valence-electron chi connectivity index (χ3n) is 3.66. The standard InChI is InChI=1S/C19H15ClN2OS/c1-4-9-22-17-13(3)10-12(2)11-16(17)24-19(22)21-18(23)14-7-5-6-8-15(14)20/h1,5-8,10-11H,9H2,2-3H3. The van der Waals surface area contributed by atoms with Gasteiger partial charge in [0.25, 0.3) is 5.91 Å². The molecule has 0 N–H and O–H groups in total. The zero-order chi connectivity index (χ0) is 17.3. The van der Waals surface area contributed by atoms with Crippen LogP contribution in [0, 0.1) is 26.2 Å². The van der Waals surface area contributed by atoms with Crippen molar-refractivity contribution in [3.8, 4) is 12.3 Å². The molecule has 0 saturated carbocycles. The number of hydrogen-bond acceptors (Lipinski definition) is 2. The van der Waals surface area contributed by atoms with Crippen LogP contribution in [0.1, 0.15) is 21.5 Å². The number of terminal acetylenes is 1. The lowest BCUT2D eigenvalue weighted by Crippen LogP contribution is -2.17. The first-order chi connectivity index (χ1) is 11.5. The number of hydrogen-bond donors (Lipinski definition) is 0. The topological polar surface area (TPSA) is 34.4 Å². The van der Waals surface area contributed by atoms with Crippen molar-refractivity contribution in [2.45, 2.75) is 20.4 Å². The summed E-state index contributed by atoms with van der Waals surface area (Å²) in [6.45, 7) is 4.44. The molecule has 5 heteroatoms. The lowest BCUT2D eigenvalue weighted by molar-refractivity contribution is 0.0998. The van der Waals surface area contributed by atoms with E-state index >= 15 is 0 Å². The Morgan fingerprint density at radius 1 is 1.33 bits per heavy atom. The Kier molecular flexibility index (Phi) is 4.57. The quantitative estimate of drug-likeness (QED) is 0.630. The van der Waals surface area contributed by atoms with Crippen molar-refractivity contribution >= 4 is 39.1 Å². The number of carbonyl (C=O) groups is 1. The summed E-state index contributed by atoms with van der Waals surface area (Å²) in [6, 6.07) is 11.1. The van der Waals surface area contributed by atoms with Gasteiger partial charge in [0.15, 0.2) is 4.80 Å². The van der Waals surface area contributed by atoms with Gasteiger partial charge in [-0.2, -0.15) is 4.99 Å². The summed E-state index contributed by atoms with van der Waals surface area (Å²) >= 11 is 7.55. The third kappa shape index (κ3) is 3.01. The first kappa shape index (κ1) is 16.5. The molecule has 2 aromatic carbocycles. The van der Waals surface area contributed by atoms with Gasteiger partial charge in [-0.1, -0.05) is 47.1 Å². The van der Waals surface area contributed by atoms with Crippen LogP contribution in [0.5, 0.6) is 0 Å². The van der Waals surface area contributed by atoms with Crippen molar-refractivity contribution in [2.75, 3.05) is 0 Å². The maximum atomic E-state index is 12.5. The molecule has 0 spiro atoms. The van der Waals surface area contributed by atoms with Crippen LogP contribution in [0.4, 0.5) is 0 Å². The van der Waals surface area contributed by atoms with Crippen molar-refractivity contribution < 1.29 is 4.79 Å². The molecule has 1 amide bonds. The molecule has 0 unspecified atom stereocenters. The van der Waals surface area contributed by atoms with Crippen molar-refractivity contribution in [3.63, 3.8) is 0 Å². The molecule has 0 atom stereocenters. The number of rotatable bonds is 2. The van der Waals surface area contributed by atoms with Gasteiger partial charge < -0.3 is 4.57 Å². The highest BCUT2D eigenvalue weighted by Gasteiger charge is 2.12. The summed E-state index contributed by atoms with van der Waals surface area (Å²) in [5.74, 6) is 2.27. The molecule has 0 radical (unpaired) electrons. The second-order valence-corrected chi connectivity index (χ2v) is 6.92. The molecule has 3 nitrogen and oxygen atoms in total. The highest BCUT2D eigenvalue weighted by Crippen LogP contribution is 2.23. The minimum absolute atomic E-state index is 0.360. The largest absolute Gasteiger partial charge is 0.304 e. The van der Waals surface area contributed by atoms with Crippen LogP contribution in [-0.4, -0.2) is 10.5 Å². The minimum atomic E-state index is -0.368. The monoisotopic (exact) mass is 354 g/mol. The molecule has 0 aliphatic rings. The number of thiazole rings is 1. The number of fused-ring (bicyclic) bond motifs is 1. The molecule has 0 saturated heterocycles. The summed E-state index contributed by atoms with van der Waals surface area (Å²) in [7, 11) is 0. The molecule has 3 aromatic rings. The second-order valence-electron chi connectivity index (χ2n) is 5.50. The fourth-order valence-corrected chi connectivity index (χ4v) is 4.12. The van der Waals surface area contributed by atoms with Crippen LogP contribution >= 0.6 is 22.9 Å². The summed E-state index contributed by atoms with van der Waals surface area (Å²) in [4.78, 5) is 17.4. The van der Waals surface area contributed by atoms with E-state index in [1.54, 1.807) is 24.3 Å². The van der Waals surface area contributed by atoms with Gasteiger partial charge >= 0.3 is 0 Å². The van der Waals surface area contributed by atoms with Gasteiger partial charge in [0, 0.05) is 0 Å². The molecule has 120 valence electrons. The lowest BCUT2D eigenvalue weighted by atomic mass is 10.1. The third-order valence-corrected chi connectivity index (χ3v) is 5.02. The van der Waals surface area contributed by atoms with Crippen LogP contribution in [-0.2, 0) is 6.54 Å². The first-order valence-electron chi connectivity index (χ1n) is 7.39. The van der Waals surface area contributed by atoms with E-state index in [1.165, 1.54) is 11.3 Å². The van der Waals surface area contributed by atoms with Gasteiger partial charge in [0.2, 0.25) is 0 Å². The van der Waals surface area contributed by atoms with Gasteiger partial charge in [0.05, 0.1) is 27.3 Å². The summed E-state index contributed by atoms with van der Waals surface area (Å²) < 4.78 is 2.97. The minimum Gasteiger partial charge on any atom is -0.304 e. The van der Waals surface area contributed by atoms with Crippen LogP contribution < -0.4 is 4.80 Å². The van der Waals surface area contributed by atoms with E-state index in [-0.39, 0.29) is 5.91 Å². The predicted molar refractivity (Wildman–Crippen MR) is 99.5 cm³/mol. The number of amides is 1. The fourth-order valence-electron chi connectivity index (χ4n) is 2.70. The Morgan fingerprint density at radius 2 is 2.08 bits per heavy atom. The molecular weight excluding hydrogens is 340 g/mol. The fraction of sp³-hybridized carbons (Fsp3) is 0.158. The van der Waals surface area contributed by atoms with E-state index in [9.17, 15) is 4.79 Å². The van der Waals surface area contributed by atoms with Crippen molar-refractivity contribution in [3.05, 3.63) is 62.9 Å². The van der Waals surface area contributed by atoms with Gasteiger partial charge in [-0.15, -0.1) is 6.42 Å². The highest BCUT2D eigenvalue weighted by molar-refractivity contribution is 7.16. The van der Waals surface area contributed by atoms with Crippen molar-refractivity contribution in [2.24, 2.45) is 4.99 Å². The Balaban J connectivity index is 2.24. The van der Waals surface area contributed by atoms with Crippen LogP contribution in [0.25, 0.3) is 10.2 Å². The molecule has 1 aromatic heterocycles. The second kappa shape index (κ2) is 6.64. The van der Waals surface area contributed by atoms with Crippen molar-refractivity contribution in [1.29, 1.82) is 0 Å². The summed E-state index contributed by atoms with van der Waals surface area (Å²) in [5.41, 5.74) is 3.69. The molecule has 24 heavy (non-hydrogen) atoms. The van der Waals surface area contributed by atoms with Gasteiger partial charge in [-0.05, 0) is 43.2 Å². The number of carbonyl (C=O) groups excluding carboxylic acids is 1. The van der Waals surface area contributed by atoms with E-state index in [4.69, 9.17) is 18.0 Å². The Morgan fingerprint density at radius 3 is 2.79 bits per heavy atom. The van der Waals surface area contributed by atoms with Gasteiger partial charge in [0.1, 0.15) is 0 Å². The van der Waals surface area contributed by atoms with E-state index in [1.807, 2.05) is 18.4 Å². The van der Waals surface area contributed by atoms with E-state index in [0.29, 0.717) is 21.9 Å². The molecule has 1 heterocycles. The normalized spacial score (nSPS) is 11.7. The number of benzene rings is 2. The molecule has 0 fully saturated rings. The number of aromatic nitrogens is 1. The summed E-state index contributed by atoms with van der Waals surface area (Å²) in [6.07, 6.45) is 5.51. The zero-order valence-electron chi connectivity index (χ0n) is 13.3. The van der Waals surface area contributed by atoms with Gasteiger partial charge in [-0.3, -0.25) is 4.79 Å². The Bertz CT molecular complexity index is 1050. The average Bonchev–Trinajstić information content (AvgIpc) is 2.85. The van der Waals surface area contributed by atoms with E-state index < -0.39 is 0 Å². The average molecular weight is 355 g/mol. The summed E-state index contributed by atoms with van der Waals surface area (Å²) in [5, 5.41) is 0.392. The van der Waals surface area contributed by atoms with Crippen LogP contribution in [0.2, 0.25) is 5.02 Å². The first-order valence-corrected chi connectivity index (χ1v) is 8.58. The number of nitrogens with zero attached hydrogens (tertiary/aromatic N) is 2. The molecule has 0 aliphatic carbocycles. The predicted octanol–water partition coefficient (Wildman–Crippen LogP) is 4.35. The molecule has 3 rings (SSSR count). The van der Waals surface area contributed by atoms with E-state index in [2.05, 4.69) is 23.0 Å². The zero-order valence-corrected chi connectivity index (χ0v) is 14.9. The number of halogens is 1. The number of aryl methyl sites for hydroxylation is 2. The van der Waals surface area contributed by atoms with E-state index in [0.717, 1.165) is 21.3 Å². The maximum Gasteiger partial charge on any atom is 0.281 e. The Hall–Kier alpha value is -2.35. The molecular formula is C19H15ClN2OS. The molecule has 0 aliphatic heterocycles. The maximum absolute atomic E-state index is 12.5. The molecule has 0 bridgehead atoms. The van der Waals surface area contributed by atoms with Gasteiger partial charge in [-0.25, -0.2) is 0 Å². The highest BCUT2D eigenvalue weighted by atomic mass is 35.5. The lowest BCUT2D eigenvalue weighted by Gasteiger charge is -2.04. The van der Waals surface area contributed by atoms with Crippen molar-refractivity contribution in [1.82, 2.24) is 4.57 Å². The Labute approximate surface area is 149 Å².